The molecule has 4 amide bonds. The molecule has 2 aromatic carbocycles. The van der Waals surface area contributed by atoms with E-state index >= 15 is 0 Å². The number of carbonyl (C=O) groups is 4. The van der Waals surface area contributed by atoms with E-state index < -0.39 is 47.0 Å². The van der Waals surface area contributed by atoms with Gasteiger partial charge in [-0.15, -0.1) is 0 Å². The molecule has 2 fully saturated rings. The quantitative estimate of drug-likeness (QED) is 0.135. The van der Waals surface area contributed by atoms with Crippen LogP contribution in [0.2, 0.25) is 0 Å². The van der Waals surface area contributed by atoms with Crippen molar-refractivity contribution < 1.29 is 39.3 Å². The van der Waals surface area contributed by atoms with Crippen LogP contribution in [0.25, 0.3) is 11.4 Å². The number of primary amides is 1. The second kappa shape index (κ2) is 13.8. The molecule has 4 atom stereocenters. The van der Waals surface area contributed by atoms with Crippen LogP contribution in [0, 0.1) is 23.7 Å². The highest BCUT2D eigenvalue weighted by atomic mass is 16.7. The summed E-state index contributed by atoms with van der Waals surface area (Å²) in [5.41, 5.74) is 8.96. The number of amides is 4. The highest BCUT2D eigenvalue weighted by Gasteiger charge is 2.43. The summed E-state index contributed by atoms with van der Waals surface area (Å²) in [6.07, 6.45) is 0.327. The normalized spacial score (nSPS) is 23.7. The summed E-state index contributed by atoms with van der Waals surface area (Å²) in [4.78, 5) is 59.9. The first-order valence-corrected chi connectivity index (χ1v) is 18.2. The van der Waals surface area contributed by atoms with Crippen molar-refractivity contribution in [1.29, 1.82) is 0 Å². The molecule has 4 heterocycles. The van der Waals surface area contributed by atoms with E-state index in [0.717, 1.165) is 0 Å². The molecule has 4 aromatic rings. The van der Waals surface area contributed by atoms with Crippen molar-refractivity contribution in [2.75, 3.05) is 27.2 Å². The first-order chi connectivity index (χ1) is 26.8. The fourth-order valence-corrected chi connectivity index (χ4v) is 7.71. The Kier molecular flexibility index (Phi) is 9.02. The van der Waals surface area contributed by atoms with Crippen molar-refractivity contribution in [1.82, 2.24) is 34.8 Å². The predicted molar refractivity (Wildman–Crippen MR) is 197 cm³/mol. The van der Waals surface area contributed by atoms with Crippen LogP contribution in [0.15, 0.2) is 48.5 Å². The van der Waals surface area contributed by atoms with E-state index in [9.17, 15) is 34.5 Å². The Morgan fingerprint density at radius 1 is 0.821 bits per heavy atom. The summed E-state index contributed by atoms with van der Waals surface area (Å²) >= 11 is 0. The van der Waals surface area contributed by atoms with Crippen molar-refractivity contribution in [3.05, 3.63) is 93.6 Å². The molecule has 8 rings (SSSR count). The number of nitrogens with one attached hydrogen (secondary N) is 1. The molecule has 2 aliphatic heterocycles. The lowest BCUT2D eigenvalue weighted by molar-refractivity contribution is -0.138. The monoisotopic (exact) mass is 758 g/mol. The van der Waals surface area contributed by atoms with E-state index in [4.69, 9.17) is 10.6 Å². The van der Waals surface area contributed by atoms with Crippen LogP contribution in [-0.2, 0) is 27.3 Å². The Morgan fingerprint density at radius 2 is 1.34 bits per heavy atom. The fourth-order valence-electron chi connectivity index (χ4n) is 7.71. The van der Waals surface area contributed by atoms with E-state index in [1.807, 2.05) is 0 Å². The van der Waals surface area contributed by atoms with Crippen molar-refractivity contribution in [2.24, 2.45) is 5.73 Å². The summed E-state index contributed by atoms with van der Waals surface area (Å²) < 4.78 is 3.01. The molecule has 0 unspecified atom stereocenters. The number of carbonyl (C=O) groups excluding carboxylic acids is 4. The van der Waals surface area contributed by atoms with E-state index in [0.29, 0.717) is 83.8 Å². The Morgan fingerprint density at radius 3 is 1.88 bits per heavy atom. The van der Waals surface area contributed by atoms with E-state index in [1.165, 1.54) is 19.2 Å². The maximum absolute atomic E-state index is 13.8. The molecule has 16 heteroatoms. The molecule has 2 aromatic heterocycles. The molecular formula is C40H38N8O8. The Hall–Kier alpha value is -6.30. The van der Waals surface area contributed by atoms with Crippen molar-refractivity contribution in [2.45, 2.75) is 61.9 Å². The summed E-state index contributed by atoms with van der Waals surface area (Å²) in [7, 11) is 3.21. The zero-order valence-corrected chi connectivity index (χ0v) is 30.6. The Balaban J connectivity index is 1.04. The third-order valence-corrected chi connectivity index (χ3v) is 10.8. The zero-order chi connectivity index (χ0) is 39.5. The first kappa shape index (κ1) is 36.7. The van der Waals surface area contributed by atoms with Gasteiger partial charge in [-0.25, -0.2) is 14.8 Å². The molecule has 4 aliphatic rings. The predicted octanol–water partition coefficient (Wildman–Crippen LogP) is 0.375. The minimum absolute atomic E-state index is 0.0614. The van der Waals surface area contributed by atoms with Gasteiger partial charge in [0.25, 0.3) is 23.6 Å². The van der Waals surface area contributed by atoms with Crippen molar-refractivity contribution in [3.8, 4) is 35.1 Å². The number of aliphatic hydroxyl groups excluding tert-OH is 1. The topological polar surface area (TPSA) is 218 Å². The number of benzene rings is 2. The second-order valence-electron chi connectivity index (χ2n) is 14.5. The molecular weight excluding hydrogens is 720 g/mol. The molecule has 16 nitrogen and oxygen atoms in total. The highest BCUT2D eigenvalue weighted by Crippen LogP contribution is 2.38. The summed E-state index contributed by atoms with van der Waals surface area (Å²) in [5.74, 6) is 8.91. The third-order valence-electron chi connectivity index (χ3n) is 10.8. The largest absolute Gasteiger partial charge is 0.387 e. The van der Waals surface area contributed by atoms with Crippen LogP contribution in [0.1, 0.15) is 92.5 Å². The van der Waals surface area contributed by atoms with Gasteiger partial charge in [0, 0.05) is 62.3 Å². The number of hydroxylamine groups is 1. The average molecular weight is 759 g/mol. The van der Waals surface area contributed by atoms with Gasteiger partial charge in [0.2, 0.25) is 11.2 Å². The van der Waals surface area contributed by atoms with Gasteiger partial charge < -0.3 is 30.9 Å². The standard InChI is InChI=1S/C40H38N8O8/c1-45-19-17-39(54,37(45)52)15-13-23-5-3-7-25(21-23)47-33-28(9-11-29(33)49)32(43-47)36(51)44-56-30-12-10-27-31(35(41)50)42-48(34(27)30)26-8-4-6-24(22-26)14-16-40(55)18-20-46(2)38(40)53/h3-8,21-22,29-30,49,54-55H,9-12,17-20H2,1-2H3,(H2,41,50)(H,44,51)/t29-,30+,39+,40+/m1/s1. The highest BCUT2D eigenvalue weighted by molar-refractivity contribution is 5.94. The van der Waals surface area contributed by atoms with Gasteiger partial charge in [0.1, 0.15) is 6.10 Å². The van der Waals surface area contributed by atoms with Gasteiger partial charge in [0.05, 0.1) is 28.9 Å². The molecule has 2 saturated heterocycles. The molecule has 56 heavy (non-hydrogen) atoms. The number of hydrogen-bond donors (Lipinski definition) is 5. The first-order valence-electron chi connectivity index (χ1n) is 18.2. The smallest absolute Gasteiger partial charge is 0.295 e. The summed E-state index contributed by atoms with van der Waals surface area (Å²) in [6, 6.07) is 13.8. The molecule has 0 radical (unpaired) electrons. The number of hydrogen-bond acceptors (Lipinski definition) is 10. The third kappa shape index (κ3) is 6.28. The lowest BCUT2D eigenvalue weighted by atomic mass is 10.0. The van der Waals surface area contributed by atoms with Gasteiger partial charge in [-0.2, -0.15) is 10.2 Å². The number of aromatic nitrogens is 4. The minimum atomic E-state index is -1.78. The minimum Gasteiger partial charge on any atom is -0.387 e. The number of likely N-dealkylation sites (tertiary alicyclic amines) is 2. The van der Waals surface area contributed by atoms with Crippen LogP contribution < -0.4 is 11.2 Å². The van der Waals surface area contributed by atoms with Crippen LogP contribution >= 0.6 is 0 Å². The van der Waals surface area contributed by atoms with Gasteiger partial charge >= 0.3 is 0 Å². The van der Waals surface area contributed by atoms with E-state index in [-0.39, 0.29) is 24.2 Å². The van der Waals surface area contributed by atoms with Crippen LogP contribution in [0.4, 0.5) is 0 Å². The number of likely N-dealkylation sites (N-methyl/N-ethyl adjacent to an activating group) is 2. The van der Waals surface area contributed by atoms with Gasteiger partial charge in [-0.1, -0.05) is 35.8 Å². The lowest BCUT2D eigenvalue weighted by Gasteiger charge is -2.15. The number of fused-ring (bicyclic) bond motifs is 2. The number of nitrogens with two attached hydrogens (primary N) is 1. The van der Waals surface area contributed by atoms with Crippen LogP contribution in [0.3, 0.4) is 0 Å². The average Bonchev–Trinajstić information content (AvgIpc) is 4.04. The van der Waals surface area contributed by atoms with E-state index in [2.05, 4.69) is 39.4 Å². The molecule has 286 valence electrons. The van der Waals surface area contributed by atoms with Crippen LogP contribution in [0.5, 0.6) is 0 Å². The zero-order valence-electron chi connectivity index (χ0n) is 30.6. The van der Waals surface area contributed by atoms with Crippen LogP contribution in [-0.4, -0.2) is 107 Å². The number of nitrogens with zero attached hydrogens (tertiary/aromatic N) is 6. The maximum Gasteiger partial charge on any atom is 0.295 e. The molecule has 0 spiro atoms. The second-order valence-corrected chi connectivity index (χ2v) is 14.5. The van der Waals surface area contributed by atoms with Gasteiger partial charge in [0.15, 0.2) is 11.4 Å². The van der Waals surface area contributed by atoms with Gasteiger partial charge in [-0.05, 0) is 62.1 Å². The SMILES string of the molecule is CN1CC[C@@](O)(C#Cc2cccc(-n3nc(C(=O)NO[C@H]4CCc5c(C(N)=O)nn(-c6cccc(C#C[C@]7(O)CCN(C)C7=O)c6)c54)c4c3[C@H](O)CC4)c2)C1=O. The lowest BCUT2D eigenvalue weighted by Crippen LogP contribution is -2.37. The number of rotatable bonds is 6. The fraction of sp³-hybridized carbons (Fsp3) is 0.350. The molecule has 0 saturated carbocycles. The molecule has 0 bridgehead atoms. The summed E-state index contributed by atoms with van der Waals surface area (Å²) in [5, 5.41) is 41.6. The number of aliphatic hydroxyl groups is 3. The molecule has 6 N–H and O–H groups in total. The summed E-state index contributed by atoms with van der Waals surface area (Å²) in [6.45, 7) is 0.790. The molecule has 2 aliphatic carbocycles. The Labute approximate surface area is 320 Å². The maximum atomic E-state index is 13.8. The van der Waals surface area contributed by atoms with Gasteiger partial charge in [-0.3, -0.25) is 24.0 Å². The van der Waals surface area contributed by atoms with Crippen molar-refractivity contribution in [3.63, 3.8) is 0 Å². The Bertz CT molecular complexity index is 2470. The van der Waals surface area contributed by atoms with Crippen molar-refractivity contribution >= 4 is 23.6 Å². The van der Waals surface area contributed by atoms with E-state index in [1.54, 1.807) is 62.6 Å².